The second-order valence-electron chi connectivity index (χ2n) is 6.04. The van der Waals surface area contributed by atoms with Crippen LogP contribution in [0.3, 0.4) is 0 Å². The van der Waals surface area contributed by atoms with Crippen molar-refractivity contribution in [2.45, 2.75) is 51.7 Å². The minimum atomic E-state index is 0.0429. The molecule has 0 spiro atoms. The molecule has 2 rings (SSSR count). The Hall–Kier alpha value is -1.14. The molecule has 1 aromatic rings. The predicted molar refractivity (Wildman–Crippen MR) is 73.1 cm³/mol. The standard InChI is InChI=1S/C13H24N4O2/c1-13(2,3)14-9-11-15-16-12(19-11)17(4)10-5-7-18-8-6-10/h10,14H,5-9H2,1-4H3. The fraction of sp³-hybridized carbons (Fsp3) is 0.846. The van der Waals surface area contributed by atoms with Crippen molar-refractivity contribution in [1.82, 2.24) is 15.5 Å². The number of anilines is 1. The zero-order valence-corrected chi connectivity index (χ0v) is 12.3. The van der Waals surface area contributed by atoms with E-state index in [1.54, 1.807) is 0 Å². The van der Waals surface area contributed by atoms with Crippen LogP contribution in [0.25, 0.3) is 0 Å². The summed E-state index contributed by atoms with van der Waals surface area (Å²) < 4.78 is 11.1. The van der Waals surface area contributed by atoms with Gasteiger partial charge in [0.2, 0.25) is 5.89 Å². The zero-order chi connectivity index (χ0) is 13.9. The first-order valence-electron chi connectivity index (χ1n) is 6.84. The number of nitrogens with zero attached hydrogens (tertiary/aromatic N) is 3. The largest absolute Gasteiger partial charge is 0.407 e. The Kier molecular flexibility index (Phi) is 4.42. The molecule has 1 saturated heterocycles. The third-order valence-corrected chi connectivity index (χ3v) is 3.27. The summed E-state index contributed by atoms with van der Waals surface area (Å²) in [5.74, 6) is 0.629. The number of hydrogen-bond donors (Lipinski definition) is 1. The SMILES string of the molecule is CN(c1nnc(CNC(C)(C)C)o1)C1CCOCC1. The lowest BCUT2D eigenvalue weighted by Gasteiger charge is -2.29. The van der Waals surface area contributed by atoms with Crippen LogP contribution in [0.15, 0.2) is 4.42 Å². The number of hydrogen-bond acceptors (Lipinski definition) is 6. The molecule has 0 aliphatic carbocycles. The minimum Gasteiger partial charge on any atom is -0.407 e. The first-order valence-corrected chi connectivity index (χ1v) is 6.84. The van der Waals surface area contributed by atoms with Crippen LogP contribution in [-0.4, -0.2) is 42.0 Å². The molecule has 6 heteroatoms. The first-order chi connectivity index (χ1) is 8.96. The molecule has 0 amide bonds. The highest BCUT2D eigenvalue weighted by Crippen LogP contribution is 2.19. The summed E-state index contributed by atoms with van der Waals surface area (Å²) >= 11 is 0. The molecule has 19 heavy (non-hydrogen) atoms. The highest BCUT2D eigenvalue weighted by atomic mass is 16.5. The summed E-state index contributed by atoms with van der Waals surface area (Å²) in [4.78, 5) is 2.07. The van der Waals surface area contributed by atoms with Crippen LogP contribution in [0.1, 0.15) is 39.5 Å². The summed E-state index contributed by atoms with van der Waals surface area (Å²) in [5.41, 5.74) is 0.0429. The van der Waals surface area contributed by atoms with E-state index in [0.29, 0.717) is 24.5 Å². The maximum Gasteiger partial charge on any atom is 0.318 e. The number of rotatable bonds is 4. The Morgan fingerprint density at radius 2 is 1.95 bits per heavy atom. The van der Waals surface area contributed by atoms with Gasteiger partial charge in [-0.05, 0) is 33.6 Å². The lowest BCUT2D eigenvalue weighted by molar-refractivity contribution is 0.0845. The van der Waals surface area contributed by atoms with Crippen molar-refractivity contribution in [2.24, 2.45) is 0 Å². The van der Waals surface area contributed by atoms with E-state index in [-0.39, 0.29) is 5.54 Å². The smallest absolute Gasteiger partial charge is 0.318 e. The number of nitrogens with one attached hydrogen (secondary N) is 1. The molecule has 1 N–H and O–H groups in total. The average Bonchev–Trinajstić information content (AvgIpc) is 2.84. The van der Waals surface area contributed by atoms with E-state index in [9.17, 15) is 0 Å². The fourth-order valence-electron chi connectivity index (χ4n) is 2.03. The summed E-state index contributed by atoms with van der Waals surface area (Å²) in [5, 5.41) is 11.5. The first kappa shape index (κ1) is 14.3. The van der Waals surface area contributed by atoms with Crippen molar-refractivity contribution < 1.29 is 9.15 Å². The van der Waals surface area contributed by atoms with Crippen molar-refractivity contribution in [3.05, 3.63) is 5.89 Å². The van der Waals surface area contributed by atoms with Crippen molar-refractivity contribution in [2.75, 3.05) is 25.2 Å². The highest BCUT2D eigenvalue weighted by molar-refractivity contribution is 5.24. The summed E-state index contributed by atoms with van der Waals surface area (Å²) in [6.07, 6.45) is 2.02. The van der Waals surface area contributed by atoms with Crippen molar-refractivity contribution in [3.8, 4) is 0 Å². The van der Waals surface area contributed by atoms with Crippen LogP contribution in [0.5, 0.6) is 0 Å². The Morgan fingerprint density at radius 3 is 2.58 bits per heavy atom. The molecule has 1 fully saturated rings. The predicted octanol–water partition coefficient (Wildman–Crippen LogP) is 1.57. The molecule has 1 aliphatic rings. The van der Waals surface area contributed by atoms with Gasteiger partial charge in [-0.15, -0.1) is 5.10 Å². The molecule has 108 valence electrons. The molecule has 0 saturated carbocycles. The van der Waals surface area contributed by atoms with Gasteiger partial charge in [0, 0.05) is 31.8 Å². The molecule has 0 unspecified atom stereocenters. The van der Waals surface area contributed by atoms with Gasteiger partial charge in [0.15, 0.2) is 0 Å². The lowest BCUT2D eigenvalue weighted by atomic mass is 10.1. The fourth-order valence-corrected chi connectivity index (χ4v) is 2.03. The number of aromatic nitrogens is 2. The second kappa shape index (κ2) is 5.88. The summed E-state index contributed by atoms with van der Waals surface area (Å²) in [7, 11) is 2.00. The molecule has 6 nitrogen and oxygen atoms in total. The maximum absolute atomic E-state index is 5.69. The Labute approximate surface area is 114 Å². The lowest BCUT2D eigenvalue weighted by Crippen LogP contribution is -2.36. The van der Waals surface area contributed by atoms with Crippen LogP contribution in [0, 0.1) is 0 Å². The zero-order valence-electron chi connectivity index (χ0n) is 12.3. The average molecular weight is 268 g/mol. The van der Waals surface area contributed by atoms with Gasteiger partial charge in [-0.3, -0.25) is 0 Å². The van der Waals surface area contributed by atoms with Gasteiger partial charge in [0.05, 0.1) is 6.54 Å². The van der Waals surface area contributed by atoms with Crippen LogP contribution < -0.4 is 10.2 Å². The van der Waals surface area contributed by atoms with E-state index in [2.05, 4.69) is 41.2 Å². The minimum absolute atomic E-state index is 0.0429. The van der Waals surface area contributed by atoms with E-state index >= 15 is 0 Å². The van der Waals surface area contributed by atoms with E-state index in [4.69, 9.17) is 9.15 Å². The number of ether oxygens (including phenoxy) is 1. The van der Waals surface area contributed by atoms with E-state index in [1.165, 1.54) is 0 Å². The van der Waals surface area contributed by atoms with Gasteiger partial charge in [-0.1, -0.05) is 5.10 Å². The van der Waals surface area contributed by atoms with Crippen LogP contribution in [0.4, 0.5) is 6.01 Å². The maximum atomic E-state index is 5.69. The van der Waals surface area contributed by atoms with Gasteiger partial charge in [-0.2, -0.15) is 0 Å². The van der Waals surface area contributed by atoms with Crippen LogP contribution >= 0.6 is 0 Å². The van der Waals surface area contributed by atoms with Gasteiger partial charge in [0.1, 0.15) is 0 Å². The molecule has 1 aromatic heterocycles. The Balaban J connectivity index is 1.92. The topological polar surface area (TPSA) is 63.4 Å². The Morgan fingerprint density at radius 1 is 1.26 bits per heavy atom. The summed E-state index contributed by atoms with van der Waals surface area (Å²) in [6.45, 7) is 8.54. The second-order valence-corrected chi connectivity index (χ2v) is 6.04. The molecule has 0 aromatic carbocycles. The normalized spacial score (nSPS) is 17.7. The van der Waals surface area contributed by atoms with Gasteiger partial charge < -0.3 is 19.4 Å². The molecular formula is C13H24N4O2. The van der Waals surface area contributed by atoms with Crippen molar-refractivity contribution >= 4 is 6.01 Å². The van der Waals surface area contributed by atoms with E-state index in [0.717, 1.165) is 26.1 Å². The molecule has 0 atom stereocenters. The van der Waals surface area contributed by atoms with Crippen molar-refractivity contribution in [3.63, 3.8) is 0 Å². The molecular weight excluding hydrogens is 244 g/mol. The van der Waals surface area contributed by atoms with Crippen LogP contribution in [-0.2, 0) is 11.3 Å². The van der Waals surface area contributed by atoms with Crippen molar-refractivity contribution in [1.29, 1.82) is 0 Å². The molecule has 2 heterocycles. The Bertz CT molecular complexity index is 394. The quantitative estimate of drug-likeness (QED) is 0.894. The monoisotopic (exact) mass is 268 g/mol. The third-order valence-electron chi connectivity index (χ3n) is 3.27. The molecule has 0 bridgehead atoms. The summed E-state index contributed by atoms with van der Waals surface area (Å²) in [6, 6.07) is 1.02. The molecule has 1 aliphatic heterocycles. The van der Waals surface area contributed by atoms with Crippen LogP contribution in [0.2, 0.25) is 0 Å². The van der Waals surface area contributed by atoms with E-state index < -0.39 is 0 Å². The van der Waals surface area contributed by atoms with Gasteiger partial charge >= 0.3 is 6.01 Å². The van der Waals surface area contributed by atoms with Gasteiger partial charge in [-0.25, -0.2) is 0 Å². The third kappa shape index (κ3) is 4.18. The molecule has 0 radical (unpaired) electrons. The van der Waals surface area contributed by atoms with E-state index in [1.807, 2.05) is 7.05 Å². The highest BCUT2D eigenvalue weighted by Gasteiger charge is 2.22. The van der Waals surface area contributed by atoms with Gasteiger partial charge in [0.25, 0.3) is 0 Å².